The van der Waals surface area contributed by atoms with Crippen LogP contribution in [0.1, 0.15) is 46.5 Å². The number of hydrogen-bond acceptors (Lipinski definition) is 3. The van der Waals surface area contributed by atoms with Crippen LogP contribution < -0.4 is 5.32 Å². The Hall–Kier alpha value is -0.0900. The molecule has 0 amide bonds. The van der Waals surface area contributed by atoms with Gasteiger partial charge in [0.05, 0.1) is 5.25 Å². The zero-order chi connectivity index (χ0) is 12.3. The minimum atomic E-state index is -2.89. The monoisotopic (exact) mass is 247 g/mol. The predicted octanol–water partition coefficient (Wildman–Crippen LogP) is 1.98. The van der Waals surface area contributed by atoms with Gasteiger partial charge >= 0.3 is 0 Å². The van der Waals surface area contributed by atoms with Gasteiger partial charge in [0, 0.05) is 18.3 Å². The first-order valence-corrected chi connectivity index (χ1v) is 8.26. The smallest absolute Gasteiger partial charge is 0.151 e. The lowest BCUT2D eigenvalue weighted by molar-refractivity contribution is 0.344. The van der Waals surface area contributed by atoms with E-state index in [1.54, 1.807) is 0 Å². The lowest BCUT2D eigenvalue weighted by Crippen LogP contribution is -2.46. The Morgan fingerprint density at radius 1 is 1.31 bits per heavy atom. The van der Waals surface area contributed by atoms with Gasteiger partial charge in [-0.3, -0.25) is 0 Å². The van der Waals surface area contributed by atoms with E-state index in [1.165, 1.54) is 6.26 Å². The van der Waals surface area contributed by atoms with Crippen LogP contribution in [0.2, 0.25) is 0 Å². The molecule has 1 aliphatic carbocycles. The van der Waals surface area contributed by atoms with Crippen LogP contribution in [0.3, 0.4) is 0 Å². The van der Waals surface area contributed by atoms with Crippen LogP contribution in [0.25, 0.3) is 0 Å². The zero-order valence-corrected chi connectivity index (χ0v) is 11.7. The molecule has 16 heavy (non-hydrogen) atoms. The third-order valence-corrected chi connectivity index (χ3v) is 5.34. The SMILES string of the molecule is CCC(NC1CCCC1S(C)(=O)=O)C(C)C. The molecule has 0 aromatic rings. The first-order valence-electron chi connectivity index (χ1n) is 6.31. The van der Waals surface area contributed by atoms with Crippen molar-refractivity contribution in [3.05, 3.63) is 0 Å². The van der Waals surface area contributed by atoms with Gasteiger partial charge in [0.25, 0.3) is 0 Å². The Morgan fingerprint density at radius 3 is 2.38 bits per heavy atom. The van der Waals surface area contributed by atoms with Crippen molar-refractivity contribution in [3.63, 3.8) is 0 Å². The molecule has 0 saturated heterocycles. The highest BCUT2D eigenvalue weighted by atomic mass is 32.2. The molecule has 0 bridgehead atoms. The molecule has 1 aliphatic rings. The first-order chi connectivity index (χ1) is 7.36. The Balaban J connectivity index is 2.66. The molecular weight excluding hydrogens is 222 g/mol. The van der Waals surface area contributed by atoms with Gasteiger partial charge in [0.2, 0.25) is 0 Å². The summed E-state index contributed by atoms with van der Waals surface area (Å²) in [5.74, 6) is 0.561. The Kier molecular flexibility index (Phi) is 4.80. The summed E-state index contributed by atoms with van der Waals surface area (Å²) in [6, 6.07) is 0.606. The highest BCUT2D eigenvalue weighted by Gasteiger charge is 2.35. The fourth-order valence-electron chi connectivity index (χ4n) is 2.69. The maximum absolute atomic E-state index is 11.6. The molecule has 1 rings (SSSR count). The van der Waals surface area contributed by atoms with Gasteiger partial charge in [-0.05, 0) is 25.2 Å². The number of rotatable bonds is 5. The minimum absolute atomic E-state index is 0.166. The van der Waals surface area contributed by atoms with Crippen molar-refractivity contribution in [3.8, 4) is 0 Å². The van der Waals surface area contributed by atoms with Gasteiger partial charge in [-0.1, -0.05) is 27.2 Å². The first kappa shape index (κ1) is 14.0. The van der Waals surface area contributed by atoms with E-state index in [2.05, 4.69) is 26.1 Å². The highest BCUT2D eigenvalue weighted by Crippen LogP contribution is 2.26. The normalized spacial score (nSPS) is 28.6. The second-order valence-electron chi connectivity index (χ2n) is 5.33. The molecule has 0 aromatic heterocycles. The summed E-state index contributed by atoms with van der Waals surface area (Å²) < 4.78 is 23.3. The van der Waals surface area contributed by atoms with Crippen molar-refractivity contribution < 1.29 is 8.42 Å². The van der Waals surface area contributed by atoms with Gasteiger partial charge in [-0.15, -0.1) is 0 Å². The summed E-state index contributed by atoms with van der Waals surface area (Å²) >= 11 is 0. The van der Waals surface area contributed by atoms with E-state index in [0.717, 1.165) is 25.7 Å². The Morgan fingerprint density at radius 2 is 1.94 bits per heavy atom. The van der Waals surface area contributed by atoms with Crippen LogP contribution in [0, 0.1) is 5.92 Å². The Bertz CT molecular complexity index is 311. The summed E-state index contributed by atoms with van der Waals surface area (Å²) in [6.07, 6.45) is 5.29. The molecule has 0 aromatic carbocycles. The molecule has 1 N–H and O–H groups in total. The average molecular weight is 247 g/mol. The van der Waals surface area contributed by atoms with Crippen LogP contribution in [0.5, 0.6) is 0 Å². The lowest BCUT2D eigenvalue weighted by Gasteiger charge is -2.28. The molecule has 0 aliphatic heterocycles. The molecule has 0 spiro atoms. The van der Waals surface area contributed by atoms with Crippen LogP contribution in [-0.2, 0) is 9.84 Å². The summed E-state index contributed by atoms with van der Waals surface area (Å²) in [5, 5.41) is 3.38. The molecule has 0 heterocycles. The standard InChI is InChI=1S/C12H25NO2S/c1-5-10(9(2)3)13-11-7-6-8-12(11)16(4,14)15/h9-13H,5-8H2,1-4H3. The van der Waals surface area contributed by atoms with E-state index in [4.69, 9.17) is 0 Å². The van der Waals surface area contributed by atoms with E-state index in [-0.39, 0.29) is 11.3 Å². The van der Waals surface area contributed by atoms with Gasteiger partial charge in [0.1, 0.15) is 0 Å². The molecule has 1 fully saturated rings. The van der Waals surface area contributed by atoms with Crippen molar-refractivity contribution in [2.45, 2.75) is 63.8 Å². The van der Waals surface area contributed by atoms with Crippen LogP contribution in [0.15, 0.2) is 0 Å². The molecule has 3 unspecified atom stereocenters. The second kappa shape index (κ2) is 5.50. The maximum Gasteiger partial charge on any atom is 0.151 e. The third-order valence-electron chi connectivity index (χ3n) is 3.68. The topological polar surface area (TPSA) is 46.2 Å². The van der Waals surface area contributed by atoms with Crippen LogP contribution in [0.4, 0.5) is 0 Å². The molecule has 4 heteroatoms. The van der Waals surface area contributed by atoms with Crippen molar-refractivity contribution >= 4 is 9.84 Å². The van der Waals surface area contributed by atoms with E-state index >= 15 is 0 Å². The van der Waals surface area contributed by atoms with E-state index in [1.807, 2.05) is 0 Å². The van der Waals surface area contributed by atoms with Crippen molar-refractivity contribution in [2.24, 2.45) is 5.92 Å². The molecule has 96 valence electrons. The third kappa shape index (κ3) is 3.45. The summed E-state index contributed by atoms with van der Waals surface area (Å²) in [7, 11) is -2.89. The molecule has 1 saturated carbocycles. The number of sulfone groups is 1. The number of nitrogens with one attached hydrogen (secondary N) is 1. The van der Waals surface area contributed by atoms with Gasteiger partial charge < -0.3 is 5.32 Å². The second-order valence-corrected chi connectivity index (χ2v) is 7.60. The van der Waals surface area contributed by atoms with E-state index < -0.39 is 9.84 Å². The van der Waals surface area contributed by atoms with Crippen molar-refractivity contribution in [1.82, 2.24) is 5.32 Å². The quantitative estimate of drug-likeness (QED) is 0.808. The van der Waals surface area contributed by atoms with Crippen molar-refractivity contribution in [2.75, 3.05) is 6.26 Å². The lowest BCUT2D eigenvalue weighted by atomic mass is 10.0. The minimum Gasteiger partial charge on any atom is -0.310 e. The summed E-state index contributed by atoms with van der Waals surface area (Å²) in [4.78, 5) is 0. The number of hydrogen-bond donors (Lipinski definition) is 1. The molecule has 0 radical (unpaired) electrons. The summed E-state index contributed by atoms with van der Waals surface area (Å²) in [5.41, 5.74) is 0. The van der Waals surface area contributed by atoms with Crippen LogP contribution in [-0.4, -0.2) is 32.0 Å². The maximum atomic E-state index is 11.6. The fraction of sp³-hybridized carbons (Fsp3) is 1.00. The highest BCUT2D eigenvalue weighted by molar-refractivity contribution is 7.91. The van der Waals surface area contributed by atoms with Gasteiger partial charge in [-0.25, -0.2) is 8.42 Å². The van der Waals surface area contributed by atoms with Crippen molar-refractivity contribution in [1.29, 1.82) is 0 Å². The van der Waals surface area contributed by atoms with Crippen LogP contribution >= 0.6 is 0 Å². The van der Waals surface area contributed by atoms with Gasteiger partial charge in [-0.2, -0.15) is 0 Å². The van der Waals surface area contributed by atoms with E-state index in [0.29, 0.717) is 12.0 Å². The molecule has 3 atom stereocenters. The molecular formula is C12H25NO2S. The summed E-state index contributed by atoms with van der Waals surface area (Å²) in [6.45, 7) is 6.53. The average Bonchev–Trinajstić information content (AvgIpc) is 2.60. The molecule has 3 nitrogen and oxygen atoms in total. The zero-order valence-electron chi connectivity index (χ0n) is 10.9. The largest absolute Gasteiger partial charge is 0.310 e. The van der Waals surface area contributed by atoms with Gasteiger partial charge in [0.15, 0.2) is 9.84 Å². The fourth-order valence-corrected chi connectivity index (χ4v) is 4.09. The predicted molar refractivity (Wildman–Crippen MR) is 68.3 cm³/mol. The Labute approximate surface area is 99.9 Å². The van der Waals surface area contributed by atoms with E-state index in [9.17, 15) is 8.42 Å².